The highest BCUT2D eigenvalue weighted by Gasteiger charge is 2.28. The van der Waals surface area contributed by atoms with Crippen LogP contribution in [0.3, 0.4) is 0 Å². The highest BCUT2D eigenvalue weighted by molar-refractivity contribution is 8.14. The molecule has 1 heterocycles. The normalized spacial score (nSPS) is 25.5. The number of hydrogen-bond acceptors (Lipinski definition) is 4. The molecule has 0 spiro atoms. The molecule has 0 bridgehead atoms. The van der Waals surface area contributed by atoms with Crippen molar-refractivity contribution in [2.75, 3.05) is 0 Å². The second-order valence-corrected chi connectivity index (χ2v) is 4.96. The quantitative estimate of drug-likeness (QED) is 0.827. The summed E-state index contributed by atoms with van der Waals surface area (Å²) in [6.07, 6.45) is 8.25. The van der Waals surface area contributed by atoms with Crippen molar-refractivity contribution >= 4 is 17.0 Å². The van der Waals surface area contributed by atoms with Crippen LogP contribution in [0.2, 0.25) is 0 Å². The lowest BCUT2D eigenvalue weighted by Gasteiger charge is -2.10. The lowest BCUT2D eigenvalue weighted by Crippen LogP contribution is -2.13. The Morgan fingerprint density at radius 1 is 1.12 bits per heavy atom. The number of fused-ring (bicyclic) bond motifs is 1. The van der Waals surface area contributed by atoms with E-state index in [1.165, 1.54) is 0 Å². The SMILES string of the molecule is Oc1ccc(OC2=NC3C=CC=CC3S2)cc1. The van der Waals surface area contributed by atoms with Gasteiger partial charge in [-0.15, -0.1) is 0 Å². The van der Waals surface area contributed by atoms with E-state index in [0.29, 0.717) is 16.2 Å². The van der Waals surface area contributed by atoms with Gasteiger partial charge in [0.25, 0.3) is 5.23 Å². The molecule has 0 aromatic heterocycles. The molecule has 0 amide bonds. The van der Waals surface area contributed by atoms with Crippen LogP contribution in [0.4, 0.5) is 0 Å². The Labute approximate surface area is 104 Å². The fraction of sp³-hybridized carbons (Fsp3) is 0.154. The molecule has 2 aliphatic rings. The van der Waals surface area contributed by atoms with E-state index in [0.717, 1.165) is 0 Å². The number of phenols is 1. The van der Waals surface area contributed by atoms with Gasteiger partial charge in [-0.05, 0) is 24.3 Å². The summed E-state index contributed by atoms with van der Waals surface area (Å²) < 4.78 is 5.66. The largest absolute Gasteiger partial charge is 0.508 e. The molecule has 1 aliphatic heterocycles. The van der Waals surface area contributed by atoms with Crippen LogP contribution in [0.15, 0.2) is 53.6 Å². The summed E-state index contributed by atoms with van der Waals surface area (Å²) in [6.45, 7) is 0. The van der Waals surface area contributed by atoms with Gasteiger partial charge in [-0.1, -0.05) is 36.1 Å². The molecular formula is C13H11NO2S. The zero-order chi connectivity index (χ0) is 11.7. The first-order chi connectivity index (χ1) is 8.31. The van der Waals surface area contributed by atoms with Crippen molar-refractivity contribution in [3.8, 4) is 11.5 Å². The second kappa shape index (κ2) is 4.30. The van der Waals surface area contributed by atoms with Gasteiger partial charge in [-0.3, -0.25) is 0 Å². The lowest BCUT2D eigenvalue weighted by atomic mass is 10.1. The van der Waals surface area contributed by atoms with Crippen LogP contribution in [-0.4, -0.2) is 21.6 Å². The zero-order valence-corrected chi connectivity index (χ0v) is 9.80. The van der Waals surface area contributed by atoms with Crippen LogP contribution in [0.1, 0.15) is 0 Å². The number of phenolic OH excluding ortho intramolecular Hbond substituents is 1. The van der Waals surface area contributed by atoms with Crippen molar-refractivity contribution < 1.29 is 9.84 Å². The predicted octanol–water partition coefficient (Wildman–Crippen LogP) is 2.74. The molecule has 1 aromatic rings. The van der Waals surface area contributed by atoms with Gasteiger partial charge in [0, 0.05) is 0 Å². The van der Waals surface area contributed by atoms with E-state index < -0.39 is 0 Å². The van der Waals surface area contributed by atoms with Gasteiger partial charge >= 0.3 is 0 Å². The van der Waals surface area contributed by atoms with Gasteiger partial charge < -0.3 is 9.84 Å². The highest BCUT2D eigenvalue weighted by atomic mass is 32.2. The number of ether oxygens (including phenoxy) is 1. The van der Waals surface area contributed by atoms with Crippen LogP contribution in [0.5, 0.6) is 11.5 Å². The Hall–Kier alpha value is -1.68. The summed E-state index contributed by atoms with van der Waals surface area (Å²) in [4.78, 5) is 4.48. The van der Waals surface area contributed by atoms with Gasteiger partial charge in [0.05, 0.1) is 11.3 Å². The van der Waals surface area contributed by atoms with Gasteiger partial charge in [-0.2, -0.15) is 0 Å². The Morgan fingerprint density at radius 3 is 2.65 bits per heavy atom. The zero-order valence-electron chi connectivity index (χ0n) is 8.98. The molecule has 1 N–H and O–H groups in total. The first-order valence-electron chi connectivity index (χ1n) is 5.37. The van der Waals surface area contributed by atoms with E-state index in [1.807, 2.05) is 12.2 Å². The molecule has 17 heavy (non-hydrogen) atoms. The maximum absolute atomic E-state index is 9.18. The van der Waals surface area contributed by atoms with Crippen LogP contribution in [0, 0.1) is 0 Å². The summed E-state index contributed by atoms with van der Waals surface area (Å²) in [5.74, 6) is 0.929. The van der Waals surface area contributed by atoms with Crippen molar-refractivity contribution in [3.05, 3.63) is 48.6 Å². The third-order valence-corrected chi connectivity index (χ3v) is 3.69. The Balaban J connectivity index is 1.73. The molecular weight excluding hydrogens is 234 g/mol. The maximum atomic E-state index is 9.18. The minimum Gasteiger partial charge on any atom is -0.508 e. The minimum atomic E-state index is 0.192. The van der Waals surface area contributed by atoms with E-state index in [4.69, 9.17) is 4.74 Å². The Morgan fingerprint density at radius 2 is 1.88 bits per heavy atom. The van der Waals surface area contributed by atoms with Crippen molar-refractivity contribution in [2.45, 2.75) is 11.3 Å². The number of benzene rings is 1. The van der Waals surface area contributed by atoms with Crippen LogP contribution in [0.25, 0.3) is 0 Å². The van der Waals surface area contributed by atoms with E-state index in [2.05, 4.69) is 17.1 Å². The van der Waals surface area contributed by atoms with E-state index in [1.54, 1.807) is 36.0 Å². The molecule has 3 nitrogen and oxygen atoms in total. The van der Waals surface area contributed by atoms with Crippen molar-refractivity contribution in [1.82, 2.24) is 0 Å². The molecule has 0 fully saturated rings. The fourth-order valence-corrected chi connectivity index (χ4v) is 2.75. The van der Waals surface area contributed by atoms with Crippen molar-refractivity contribution in [1.29, 1.82) is 0 Å². The van der Waals surface area contributed by atoms with Gasteiger partial charge in [0.1, 0.15) is 11.5 Å². The molecule has 0 radical (unpaired) electrons. The number of thioether (sulfide) groups is 1. The number of hydrogen-bond donors (Lipinski definition) is 1. The van der Waals surface area contributed by atoms with Crippen molar-refractivity contribution in [3.63, 3.8) is 0 Å². The molecule has 2 unspecified atom stereocenters. The summed E-state index contributed by atoms with van der Waals surface area (Å²) in [6, 6.07) is 6.85. The smallest absolute Gasteiger partial charge is 0.252 e. The average Bonchev–Trinajstić information content (AvgIpc) is 2.74. The van der Waals surface area contributed by atoms with Crippen LogP contribution >= 0.6 is 11.8 Å². The molecule has 0 saturated carbocycles. The van der Waals surface area contributed by atoms with E-state index >= 15 is 0 Å². The molecule has 3 rings (SSSR count). The van der Waals surface area contributed by atoms with Crippen LogP contribution < -0.4 is 4.74 Å². The summed E-state index contributed by atoms with van der Waals surface area (Å²) in [7, 11) is 0. The number of aromatic hydroxyl groups is 1. The molecule has 1 aliphatic carbocycles. The van der Waals surface area contributed by atoms with Crippen LogP contribution in [-0.2, 0) is 0 Å². The molecule has 86 valence electrons. The lowest BCUT2D eigenvalue weighted by molar-refractivity contribution is 0.473. The number of allylic oxidation sites excluding steroid dienone is 2. The Kier molecular flexibility index (Phi) is 2.65. The van der Waals surface area contributed by atoms with Crippen molar-refractivity contribution in [2.24, 2.45) is 4.99 Å². The molecule has 0 saturated heterocycles. The summed E-state index contributed by atoms with van der Waals surface area (Å²) in [5, 5.41) is 10.2. The number of aliphatic imine (C=N–C) groups is 1. The average molecular weight is 245 g/mol. The molecule has 4 heteroatoms. The third kappa shape index (κ3) is 2.22. The first-order valence-corrected chi connectivity index (χ1v) is 6.25. The maximum Gasteiger partial charge on any atom is 0.252 e. The predicted molar refractivity (Wildman–Crippen MR) is 69.6 cm³/mol. The topological polar surface area (TPSA) is 41.8 Å². The number of nitrogens with zero attached hydrogens (tertiary/aromatic N) is 1. The first kappa shape index (κ1) is 10.5. The molecule has 2 atom stereocenters. The second-order valence-electron chi connectivity index (χ2n) is 3.83. The van der Waals surface area contributed by atoms with E-state index in [-0.39, 0.29) is 11.8 Å². The standard InChI is InChI=1S/C13H11NO2S/c15-9-5-7-10(8-6-9)16-13-14-11-3-1-2-4-12(11)17-13/h1-8,11-12,15H. The van der Waals surface area contributed by atoms with E-state index in [9.17, 15) is 5.11 Å². The Bertz CT molecular complexity index is 505. The summed E-state index contributed by atoms with van der Waals surface area (Å²) >= 11 is 1.62. The number of rotatable bonds is 1. The van der Waals surface area contributed by atoms with Gasteiger partial charge in [-0.25, -0.2) is 4.99 Å². The highest BCUT2D eigenvalue weighted by Crippen LogP contribution is 2.32. The summed E-state index contributed by atoms with van der Waals surface area (Å²) in [5.41, 5.74) is 0. The third-order valence-electron chi connectivity index (χ3n) is 2.59. The molecule has 1 aromatic carbocycles. The monoisotopic (exact) mass is 245 g/mol. The minimum absolute atomic E-state index is 0.192. The van der Waals surface area contributed by atoms with Gasteiger partial charge in [0.2, 0.25) is 0 Å². The van der Waals surface area contributed by atoms with Gasteiger partial charge in [0.15, 0.2) is 0 Å². The fourth-order valence-electron chi connectivity index (χ4n) is 1.73.